The number of esters is 1. The van der Waals surface area contributed by atoms with Crippen molar-refractivity contribution in [3.63, 3.8) is 0 Å². The average molecular weight is 216 g/mol. The van der Waals surface area contributed by atoms with Crippen LogP contribution in [0.4, 0.5) is 5.69 Å². The van der Waals surface area contributed by atoms with Crippen LogP contribution in [0.5, 0.6) is 5.75 Å². The third kappa shape index (κ3) is 2.81. The average Bonchev–Trinajstić information content (AvgIpc) is 2.19. The van der Waals surface area contributed by atoms with E-state index in [-0.39, 0.29) is 6.61 Å². The second kappa shape index (κ2) is 4.72. The molecule has 0 atom stereocenters. The number of rotatable bonds is 3. The second-order valence-corrected chi connectivity index (χ2v) is 2.98. The van der Waals surface area contributed by atoms with E-state index in [1.54, 1.807) is 18.2 Å². The Balaban J connectivity index is 2.66. The Morgan fingerprint density at radius 3 is 2.93 bits per heavy atom. The zero-order valence-corrected chi connectivity index (χ0v) is 8.38. The summed E-state index contributed by atoms with van der Waals surface area (Å²) < 4.78 is 9.49. The first-order valence-corrected chi connectivity index (χ1v) is 4.26. The quantitative estimate of drug-likeness (QED) is 0.613. The molecule has 0 saturated carbocycles. The Hall–Kier alpha value is -1.42. The molecular weight excluding hydrogens is 206 g/mol. The summed E-state index contributed by atoms with van der Waals surface area (Å²) >= 11 is 5.71. The van der Waals surface area contributed by atoms with Gasteiger partial charge in [0, 0.05) is 11.1 Å². The molecule has 0 aromatic heterocycles. The van der Waals surface area contributed by atoms with Gasteiger partial charge < -0.3 is 15.2 Å². The molecule has 4 nitrogen and oxygen atoms in total. The highest BCUT2D eigenvalue weighted by atomic mass is 35.5. The van der Waals surface area contributed by atoms with Gasteiger partial charge >= 0.3 is 5.97 Å². The van der Waals surface area contributed by atoms with Crippen molar-refractivity contribution < 1.29 is 14.3 Å². The predicted molar refractivity (Wildman–Crippen MR) is 53.4 cm³/mol. The van der Waals surface area contributed by atoms with Gasteiger partial charge in [0.05, 0.1) is 12.8 Å². The number of carbonyl (C=O) groups is 1. The highest BCUT2D eigenvalue weighted by molar-refractivity contribution is 6.30. The lowest BCUT2D eigenvalue weighted by atomic mass is 10.3. The molecule has 0 fully saturated rings. The highest BCUT2D eigenvalue weighted by Gasteiger charge is 2.05. The predicted octanol–water partition coefficient (Wildman–Crippen LogP) is 1.47. The van der Waals surface area contributed by atoms with E-state index in [1.807, 2.05) is 0 Å². The maximum absolute atomic E-state index is 10.8. The molecule has 0 heterocycles. The Morgan fingerprint density at radius 2 is 2.29 bits per heavy atom. The maximum atomic E-state index is 10.8. The molecule has 1 rings (SSSR count). The molecule has 0 unspecified atom stereocenters. The first kappa shape index (κ1) is 10.7. The fraction of sp³-hybridized carbons (Fsp3) is 0.222. The van der Waals surface area contributed by atoms with Gasteiger partial charge in [-0.2, -0.15) is 0 Å². The number of methoxy groups -OCH3 is 1. The number of carbonyl (C=O) groups excluding carboxylic acids is 1. The van der Waals surface area contributed by atoms with Crippen LogP contribution >= 0.6 is 11.6 Å². The smallest absolute Gasteiger partial charge is 0.343 e. The van der Waals surface area contributed by atoms with Crippen LogP contribution in [0.1, 0.15) is 0 Å². The minimum atomic E-state index is -0.468. The summed E-state index contributed by atoms with van der Waals surface area (Å²) in [5.74, 6) is -0.0905. The zero-order chi connectivity index (χ0) is 10.6. The van der Waals surface area contributed by atoms with E-state index in [2.05, 4.69) is 4.74 Å². The first-order valence-electron chi connectivity index (χ1n) is 3.88. The summed E-state index contributed by atoms with van der Waals surface area (Å²) in [5, 5.41) is 0.499. The molecular formula is C9H10ClNO3. The van der Waals surface area contributed by atoms with E-state index in [4.69, 9.17) is 22.1 Å². The minimum absolute atomic E-state index is 0.180. The van der Waals surface area contributed by atoms with Crippen LogP contribution < -0.4 is 10.5 Å². The van der Waals surface area contributed by atoms with Gasteiger partial charge in [0.25, 0.3) is 0 Å². The lowest BCUT2D eigenvalue weighted by molar-refractivity contribution is -0.142. The van der Waals surface area contributed by atoms with Crippen LogP contribution in [0.15, 0.2) is 18.2 Å². The largest absolute Gasteiger partial charge is 0.480 e. The Morgan fingerprint density at radius 1 is 1.57 bits per heavy atom. The number of hydrogen-bond acceptors (Lipinski definition) is 4. The topological polar surface area (TPSA) is 61.5 Å². The van der Waals surface area contributed by atoms with E-state index >= 15 is 0 Å². The number of anilines is 1. The van der Waals surface area contributed by atoms with Crippen LogP contribution in [0.3, 0.4) is 0 Å². The van der Waals surface area contributed by atoms with Gasteiger partial charge in [-0.15, -0.1) is 0 Å². The van der Waals surface area contributed by atoms with Crippen molar-refractivity contribution in [1.29, 1.82) is 0 Å². The van der Waals surface area contributed by atoms with E-state index in [9.17, 15) is 4.79 Å². The van der Waals surface area contributed by atoms with Crippen LogP contribution in [0, 0.1) is 0 Å². The molecule has 1 aromatic rings. The molecule has 5 heteroatoms. The maximum Gasteiger partial charge on any atom is 0.343 e. The van der Waals surface area contributed by atoms with Crippen LogP contribution in [-0.2, 0) is 9.53 Å². The fourth-order valence-corrected chi connectivity index (χ4v) is 0.991. The molecule has 0 bridgehead atoms. The number of benzene rings is 1. The lowest BCUT2D eigenvalue weighted by Gasteiger charge is -2.07. The summed E-state index contributed by atoms with van der Waals surface area (Å²) in [4.78, 5) is 10.8. The van der Waals surface area contributed by atoms with Crippen molar-refractivity contribution in [3.8, 4) is 5.75 Å². The Labute approximate surface area is 86.6 Å². The van der Waals surface area contributed by atoms with Crippen LogP contribution in [-0.4, -0.2) is 19.7 Å². The van der Waals surface area contributed by atoms with Gasteiger partial charge in [-0.05, 0) is 12.1 Å². The molecule has 0 aliphatic carbocycles. The van der Waals surface area contributed by atoms with Crippen molar-refractivity contribution >= 4 is 23.3 Å². The minimum Gasteiger partial charge on any atom is -0.480 e. The Kier molecular flexibility index (Phi) is 3.59. The van der Waals surface area contributed by atoms with E-state index in [0.717, 1.165) is 0 Å². The summed E-state index contributed by atoms with van der Waals surface area (Å²) in [7, 11) is 1.28. The molecule has 0 radical (unpaired) electrons. The summed E-state index contributed by atoms with van der Waals surface area (Å²) in [6.45, 7) is -0.180. The monoisotopic (exact) mass is 215 g/mol. The van der Waals surface area contributed by atoms with Crippen LogP contribution in [0.2, 0.25) is 5.02 Å². The summed E-state index contributed by atoms with van der Waals surface area (Å²) in [6.07, 6.45) is 0. The van der Waals surface area contributed by atoms with Crippen LogP contribution in [0.25, 0.3) is 0 Å². The molecule has 0 spiro atoms. The summed E-state index contributed by atoms with van der Waals surface area (Å²) in [6, 6.07) is 4.79. The first-order chi connectivity index (χ1) is 6.63. The van der Waals surface area contributed by atoms with E-state index < -0.39 is 5.97 Å². The van der Waals surface area contributed by atoms with Crippen molar-refractivity contribution in [2.24, 2.45) is 0 Å². The molecule has 0 aliphatic heterocycles. The number of halogens is 1. The SMILES string of the molecule is COC(=O)COc1cc(Cl)ccc1N. The van der Waals surface area contributed by atoms with Crippen molar-refractivity contribution in [2.45, 2.75) is 0 Å². The molecule has 1 aromatic carbocycles. The van der Waals surface area contributed by atoms with E-state index in [0.29, 0.717) is 16.5 Å². The Bertz CT molecular complexity index is 341. The number of nitrogen functional groups attached to an aromatic ring is 1. The third-order valence-electron chi connectivity index (χ3n) is 1.55. The van der Waals surface area contributed by atoms with Gasteiger partial charge in [0.15, 0.2) is 6.61 Å². The standard InChI is InChI=1S/C9H10ClNO3/c1-13-9(12)5-14-8-4-6(10)2-3-7(8)11/h2-4H,5,11H2,1H3. The molecule has 0 aliphatic rings. The van der Waals surface area contributed by atoms with E-state index in [1.165, 1.54) is 7.11 Å². The van der Waals surface area contributed by atoms with Crippen molar-refractivity contribution in [3.05, 3.63) is 23.2 Å². The summed E-state index contributed by atoms with van der Waals surface area (Å²) in [5.41, 5.74) is 6.01. The van der Waals surface area contributed by atoms with Gasteiger partial charge in [-0.3, -0.25) is 0 Å². The molecule has 0 amide bonds. The normalized spacial score (nSPS) is 9.57. The van der Waals surface area contributed by atoms with Gasteiger partial charge in [-0.1, -0.05) is 11.6 Å². The zero-order valence-electron chi connectivity index (χ0n) is 7.62. The number of hydrogen-bond donors (Lipinski definition) is 1. The highest BCUT2D eigenvalue weighted by Crippen LogP contribution is 2.25. The van der Waals surface area contributed by atoms with Gasteiger partial charge in [-0.25, -0.2) is 4.79 Å². The fourth-order valence-electron chi connectivity index (χ4n) is 0.829. The number of ether oxygens (including phenoxy) is 2. The van der Waals surface area contributed by atoms with Crippen molar-refractivity contribution in [2.75, 3.05) is 19.5 Å². The third-order valence-corrected chi connectivity index (χ3v) is 1.78. The molecule has 76 valence electrons. The number of nitrogens with two attached hydrogens (primary N) is 1. The molecule has 0 saturated heterocycles. The van der Waals surface area contributed by atoms with Gasteiger partial charge in [0.2, 0.25) is 0 Å². The molecule has 2 N–H and O–H groups in total. The second-order valence-electron chi connectivity index (χ2n) is 2.55. The molecule has 14 heavy (non-hydrogen) atoms. The van der Waals surface area contributed by atoms with Crippen molar-refractivity contribution in [1.82, 2.24) is 0 Å². The van der Waals surface area contributed by atoms with Gasteiger partial charge in [0.1, 0.15) is 5.75 Å². The lowest BCUT2D eigenvalue weighted by Crippen LogP contribution is -2.13.